The number of amides is 1. The Morgan fingerprint density at radius 1 is 1.03 bits per heavy atom. The Morgan fingerprint density at radius 2 is 1.72 bits per heavy atom. The van der Waals surface area contributed by atoms with Crippen LogP contribution in [0.2, 0.25) is 0 Å². The molecule has 0 atom stereocenters. The van der Waals surface area contributed by atoms with Crippen molar-refractivity contribution >= 4 is 23.3 Å². The van der Waals surface area contributed by atoms with Crippen molar-refractivity contribution in [3.05, 3.63) is 72.1 Å². The number of para-hydroxylation sites is 1. The number of hydrogen-bond donors (Lipinski definition) is 1. The van der Waals surface area contributed by atoms with Crippen molar-refractivity contribution in [2.75, 3.05) is 19.0 Å². The molecule has 32 heavy (non-hydrogen) atoms. The van der Waals surface area contributed by atoms with Gasteiger partial charge in [-0.2, -0.15) is 5.10 Å². The van der Waals surface area contributed by atoms with E-state index in [9.17, 15) is 14.4 Å². The van der Waals surface area contributed by atoms with Gasteiger partial charge in [-0.3, -0.25) is 9.59 Å². The first-order chi connectivity index (χ1) is 15.4. The average molecular weight is 435 g/mol. The zero-order valence-corrected chi connectivity index (χ0v) is 18.2. The first kappa shape index (κ1) is 22.7. The minimum atomic E-state index is -0.762. The summed E-state index contributed by atoms with van der Waals surface area (Å²) in [5.74, 6) is -0.727. The Labute approximate surface area is 186 Å². The van der Waals surface area contributed by atoms with Crippen LogP contribution in [0.15, 0.2) is 60.8 Å². The third-order valence-electron chi connectivity index (χ3n) is 4.53. The number of methoxy groups -OCH3 is 1. The van der Waals surface area contributed by atoms with Crippen molar-refractivity contribution in [2.45, 2.75) is 20.3 Å². The predicted molar refractivity (Wildman–Crippen MR) is 119 cm³/mol. The number of nitrogens with one attached hydrogen (secondary N) is 1. The Hall–Kier alpha value is -3.94. The van der Waals surface area contributed by atoms with Gasteiger partial charge in [0.25, 0.3) is 0 Å². The molecular formula is C24H25N3O5. The molecule has 0 radical (unpaired) electrons. The van der Waals surface area contributed by atoms with E-state index in [1.165, 1.54) is 11.8 Å². The normalized spacial score (nSPS) is 10.6. The van der Waals surface area contributed by atoms with E-state index in [0.29, 0.717) is 17.7 Å². The lowest BCUT2D eigenvalue weighted by molar-refractivity contribution is -0.116. The number of hydrogen-bond acceptors (Lipinski definition) is 6. The predicted octanol–water partition coefficient (Wildman–Crippen LogP) is 3.91. The van der Waals surface area contributed by atoms with Crippen LogP contribution >= 0.6 is 0 Å². The van der Waals surface area contributed by atoms with E-state index >= 15 is 0 Å². The van der Waals surface area contributed by atoms with Crippen LogP contribution in [0.25, 0.3) is 5.69 Å². The number of Topliss-reactive ketones (excluding diaryl/α,β-unsaturated/α-hetero) is 1. The van der Waals surface area contributed by atoms with E-state index in [1.807, 2.05) is 44.2 Å². The van der Waals surface area contributed by atoms with Gasteiger partial charge in [-0.15, -0.1) is 0 Å². The van der Waals surface area contributed by atoms with Crippen LogP contribution < -0.4 is 10.1 Å². The fourth-order valence-corrected chi connectivity index (χ4v) is 2.97. The highest BCUT2D eigenvalue weighted by Gasteiger charge is 2.21. The summed E-state index contributed by atoms with van der Waals surface area (Å²) in [6.45, 7) is 3.48. The Kier molecular flexibility index (Phi) is 7.38. The third kappa shape index (κ3) is 5.81. The molecule has 3 aromatic rings. The molecule has 0 spiro atoms. The minimum absolute atomic E-state index is 0.0210. The first-order valence-corrected chi connectivity index (χ1v) is 10.2. The zero-order chi connectivity index (χ0) is 23.1. The van der Waals surface area contributed by atoms with Gasteiger partial charge in [-0.05, 0) is 42.3 Å². The number of rotatable bonds is 9. The van der Waals surface area contributed by atoms with Crippen LogP contribution in [0.1, 0.15) is 41.1 Å². The van der Waals surface area contributed by atoms with Gasteiger partial charge in [0.1, 0.15) is 0 Å². The van der Waals surface area contributed by atoms with Gasteiger partial charge in [0.2, 0.25) is 11.6 Å². The van der Waals surface area contributed by atoms with Gasteiger partial charge >= 0.3 is 5.97 Å². The lowest BCUT2D eigenvalue weighted by atomic mass is 10.1. The largest absolute Gasteiger partial charge is 0.493 e. The molecule has 1 amide bonds. The third-order valence-corrected chi connectivity index (χ3v) is 4.53. The molecule has 0 bridgehead atoms. The number of anilines is 1. The van der Waals surface area contributed by atoms with Crippen molar-refractivity contribution in [3.8, 4) is 11.4 Å². The molecule has 0 saturated heterocycles. The van der Waals surface area contributed by atoms with Crippen molar-refractivity contribution < 1.29 is 23.9 Å². The quantitative estimate of drug-likeness (QED) is 0.404. The molecule has 0 aliphatic carbocycles. The molecule has 0 saturated carbocycles. The van der Waals surface area contributed by atoms with Crippen LogP contribution in [0.3, 0.4) is 0 Å². The summed E-state index contributed by atoms with van der Waals surface area (Å²) in [6, 6.07) is 15.7. The number of carbonyl (C=O) groups excluding carboxylic acids is 3. The molecule has 0 unspecified atom stereocenters. The molecule has 8 nitrogen and oxygen atoms in total. The maximum atomic E-state index is 12.5. The molecule has 0 aliphatic heterocycles. The zero-order valence-electron chi connectivity index (χ0n) is 18.2. The smallest absolute Gasteiger partial charge is 0.363 e. The molecule has 0 aliphatic rings. The molecular weight excluding hydrogens is 410 g/mol. The number of esters is 1. The number of benzene rings is 2. The number of nitrogens with zero attached hydrogens (tertiary/aromatic N) is 2. The second kappa shape index (κ2) is 10.4. The van der Waals surface area contributed by atoms with Gasteiger partial charge in [0.15, 0.2) is 18.1 Å². The number of ketones is 1. The Morgan fingerprint density at radius 3 is 2.34 bits per heavy atom. The molecule has 1 heterocycles. The maximum Gasteiger partial charge on any atom is 0.363 e. The molecule has 1 N–H and O–H groups in total. The fraction of sp³-hybridized carbons (Fsp3) is 0.250. The molecule has 2 aromatic carbocycles. The van der Waals surface area contributed by atoms with Crippen molar-refractivity contribution in [2.24, 2.45) is 5.92 Å². The summed E-state index contributed by atoms with van der Waals surface area (Å²) < 4.78 is 11.9. The van der Waals surface area contributed by atoms with E-state index in [4.69, 9.17) is 9.47 Å². The summed E-state index contributed by atoms with van der Waals surface area (Å²) in [5, 5.41) is 7.01. The van der Waals surface area contributed by atoms with E-state index in [1.54, 1.807) is 30.5 Å². The van der Waals surface area contributed by atoms with Crippen LogP contribution in [0.5, 0.6) is 5.75 Å². The maximum absolute atomic E-state index is 12.5. The second-order valence-corrected chi connectivity index (χ2v) is 7.55. The monoisotopic (exact) mass is 435 g/mol. The number of aromatic nitrogens is 2. The standard InChI is InChI=1S/C24H25N3O5/c1-16(2)13-22(29)25-18-11-9-17(10-12-18)20(28)15-32-24(30)23-21(31-3)14-27(26-23)19-7-5-4-6-8-19/h4-12,14,16H,13,15H2,1-3H3,(H,25,29). The summed E-state index contributed by atoms with van der Waals surface area (Å²) in [4.78, 5) is 36.8. The van der Waals surface area contributed by atoms with Crippen LogP contribution in [0.4, 0.5) is 5.69 Å². The second-order valence-electron chi connectivity index (χ2n) is 7.55. The van der Waals surface area contributed by atoms with Crippen LogP contribution in [-0.4, -0.2) is 41.2 Å². The molecule has 1 aromatic heterocycles. The fourth-order valence-electron chi connectivity index (χ4n) is 2.97. The lowest BCUT2D eigenvalue weighted by Crippen LogP contribution is -2.16. The van der Waals surface area contributed by atoms with Crippen molar-refractivity contribution in [3.63, 3.8) is 0 Å². The topological polar surface area (TPSA) is 99.5 Å². The van der Waals surface area contributed by atoms with E-state index in [-0.39, 0.29) is 29.1 Å². The van der Waals surface area contributed by atoms with Crippen molar-refractivity contribution in [1.29, 1.82) is 0 Å². The summed E-state index contributed by atoms with van der Waals surface area (Å²) in [5.41, 5.74) is 1.69. The van der Waals surface area contributed by atoms with E-state index < -0.39 is 12.6 Å². The van der Waals surface area contributed by atoms with Gasteiger partial charge in [-0.1, -0.05) is 32.0 Å². The summed E-state index contributed by atoms with van der Waals surface area (Å²) in [7, 11) is 1.43. The minimum Gasteiger partial charge on any atom is -0.493 e. The summed E-state index contributed by atoms with van der Waals surface area (Å²) in [6.07, 6.45) is 1.99. The highest BCUT2D eigenvalue weighted by molar-refractivity contribution is 6.00. The molecule has 0 fully saturated rings. The molecule has 8 heteroatoms. The highest BCUT2D eigenvalue weighted by atomic mass is 16.5. The van der Waals surface area contributed by atoms with Gasteiger partial charge < -0.3 is 14.8 Å². The summed E-state index contributed by atoms with van der Waals surface area (Å²) >= 11 is 0. The van der Waals surface area contributed by atoms with Gasteiger partial charge in [-0.25, -0.2) is 9.48 Å². The van der Waals surface area contributed by atoms with E-state index in [2.05, 4.69) is 10.4 Å². The van der Waals surface area contributed by atoms with Crippen molar-refractivity contribution in [1.82, 2.24) is 9.78 Å². The van der Waals surface area contributed by atoms with E-state index in [0.717, 1.165) is 5.69 Å². The SMILES string of the molecule is COc1cn(-c2ccccc2)nc1C(=O)OCC(=O)c1ccc(NC(=O)CC(C)C)cc1. The van der Waals surface area contributed by atoms with Crippen LogP contribution in [-0.2, 0) is 9.53 Å². The first-order valence-electron chi connectivity index (χ1n) is 10.2. The van der Waals surface area contributed by atoms with Gasteiger partial charge in [0.05, 0.1) is 19.0 Å². The Balaban J connectivity index is 1.61. The van der Waals surface area contributed by atoms with Crippen LogP contribution in [0, 0.1) is 5.92 Å². The van der Waals surface area contributed by atoms with Gasteiger partial charge in [0, 0.05) is 17.7 Å². The molecule has 166 valence electrons. The Bertz CT molecular complexity index is 1090. The molecule has 3 rings (SSSR count). The average Bonchev–Trinajstić information content (AvgIpc) is 3.22. The number of carbonyl (C=O) groups is 3. The highest BCUT2D eigenvalue weighted by Crippen LogP contribution is 2.20. The lowest BCUT2D eigenvalue weighted by Gasteiger charge is -2.08. The number of ether oxygens (including phenoxy) is 2.